The molecule has 0 aliphatic carbocycles. The van der Waals surface area contributed by atoms with E-state index in [1.165, 1.54) is 4.88 Å². The van der Waals surface area contributed by atoms with Crippen LogP contribution in [-0.4, -0.2) is 30.1 Å². The molecule has 5 heterocycles. The highest BCUT2D eigenvalue weighted by Crippen LogP contribution is 2.36. The van der Waals surface area contributed by atoms with Crippen molar-refractivity contribution in [1.82, 2.24) is 30.1 Å². The van der Waals surface area contributed by atoms with Gasteiger partial charge in [-0.05, 0) is 48.9 Å². The van der Waals surface area contributed by atoms with Gasteiger partial charge in [0.25, 0.3) is 0 Å². The Bertz CT molecular complexity index is 1670. The molecular formula is C25H19N7S. The number of nitrogens with two attached hydrogens (primary N) is 1. The summed E-state index contributed by atoms with van der Waals surface area (Å²) in [5.74, 6) is 0.663. The van der Waals surface area contributed by atoms with Crippen molar-refractivity contribution in [3.8, 4) is 33.2 Å². The Hall–Kier alpha value is -4.30. The van der Waals surface area contributed by atoms with Crippen molar-refractivity contribution in [2.75, 3.05) is 5.73 Å². The van der Waals surface area contributed by atoms with Crippen LogP contribution in [0.2, 0.25) is 0 Å². The molecule has 4 N–H and O–H groups in total. The zero-order valence-electron chi connectivity index (χ0n) is 17.8. The molecule has 0 spiro atoms. The molecule has 0 unspecified atom stereocenters. The molecule has 1 aromatic carbocycles. The Morgan fingerprint density at radius 1 is 1.00 bits per heavy atom. The highest BCUT2D eigenvalue weighted by molar-refractivity contribution is 7.16. The Morgan fingerprint density at radius 3 is 2.73 bits per heavy atom. The molecule has 0 fully saturated rings. The summed E-state index contributed by atoms with van der Waals surface area (Å²) in [6, 6.07) is 16.1. The van der Waals surface area contributed by atoms with E-state index in [9.17, 15) is 0 Å². The minimum Gasteiger partial charge on any atom is -0.397 e. The number of imidazole rings is 1. The number of aromatic amines is 2. The van der Waals surface area contributed by atoms with E-state index in [0.29, 0.717) is 17.2 Å². The normalized spacial score (nSPS) is 11.4. The highest BCUT2D eigenvalue weighted by Gasteiger charge is 2.17. The number of aromatic nitrogens is 6. The predicted molar refractivity (Wildman–Crippen MR) is 135 cm³/mol. The Labute approximate surface area is 193 Å². The maximum atomic E-state index is 5.90. The number of H-pyrrole nitrogens is 2. The number of nitrogen functional groups attached to an aromatic ring is 1. The number of para-hydroxylation sites is 1. The van der Waals surface area contributed by atoms with Gasteiger partial charge in [0.1, 0.15) is 5.52 Å². The van der Waals surface area contributed by atoms with Crippen molar-refractivity contribution < 1.29 is 0 Å². The minimum absolute atomic E-state index is 0.593. The number of pyridine rings is 2. The van der Waals surface area contributed by atoms with Crippen LogP contribution in [0.1, 0.15) is 11.8 Å². The van der Waals surface area contributed by atoms with Gasteiger partial charge in [0.15, 0.2) is 11.5 Å². The summed E-state index contributed by atoms with van der Waals surface area (Å²) in [6.45, 7) is 6.07. The van der Waals surface area contributed by atoms with E-state index < -0.39 is 0 Å². The third-order valence-corrected chi connectivity index (χ3v) is 6.77. The minimum atomic E-state index is 0.593. The van der Waals surface area contributed by atoms with Crippen molar-refractivity contribution >= 4 is 44.7 Å². The fourth-order valence-electron chi connectivity index (χ4n) is 3.88. The molecule has 0 radical (unpaired) electrons. The first-order valence-corrected chi connectivity index (χ1v) is 11.2. The average molecular weight is 450 g/mol. The summed E-state index contributed by atoms with van der Waals surface area (Å²) in [5, 5.41) is 7.58. The molecule has 5 aromatic heterocycles. The molecule has 6 rings (SSSR count). The van der Waals surface area contributed by atoms with E-state index in [1.54, 1.807) is 23.7 Å². The second-order valence-corrected chi connectivity index (χ2v) is 8.99. The number of fused-ring (bicyclic) bond motifs is 2. The zero-order valence-corrected chi connectivity index (χ0v) is 18.6. The number of thiophene rings is 1. The molecule has 33 heavy (non-hydrogen) atoms. The molecule has 0 aliphatic heterocycles. The van der Waals surface area contributed by atoms with Gasteiger partial charge in [-0.1, -0.05) is 18.7 Å². The Morgan fingerprint density at radius 2 is 1.91 bits per heavy atom. The van der Waals surface area contributed by atoms with E-state index in [0.717, 1.165) is 49.3 Å². The molecule has 0 saturated heterocycles. The Balaban J connectivity index is 1.48. The molecule has 0 amide bonds. The van der Waals surface area contributed by atoms with Crippen molar-refractivity contribution in [3.63, 3.8) is 0 Å². The lowest BCUT2D eigenvalue weighted by molar-refractivity contribution is 1.10. The van der Waals surface area contributed by atoms with E-state index in [-0.39, 0.29) is 0 Å². The molecule has 8 heteroatoms. The van der Waals surface area contributed by atoms with Gasteiger partial charge in [-0.3, -0.25) is 10.1 Å². The van der Waals surface area contributed by atoms with Crippen LogP contribution in [0, 0.1) is 0 Å². The smallest absolute Gasteiger partial charge is 0.161 e. The van der Waals surface area contributed by atoms with Crippen molar-refractivity contribution in [2.45, 2.75) is 6.92 Å². The fraction of sp³-hybridized carbons (Fsp3) is 0.0400. The second kappa shape index (κ2) is 7.39. The summed E-state index contributed by atoms with van der Waals surface area (Å²) >= 11 is 1.72. The first kappa shape index (κ1) is 19.4. The van der Waals surface area contributed by atoms with Gasteiger partial charge in [-0.15, -0.1) is 11.3 Å². The van der Waals surface area contributed by atoms with Crippen LogP contribution >= 0.6 is 11.3 Å². The molecular weight excluding hydrogens is 430 g/mol. The number of rotatable bonds is 4. The van der Waals surface area contributed by atoms with Crippen LogP contribution < -0.4 is 5.73 Å². The van der Waals surface area contributed by atoms with Crippen LogP contribution in [0.5, 0.6) is 0 Å². The van der Waals surface area contributed by atoms with Crippen LogP contribution in [0.15, 0.2) is 67.5 Å². The third-order valence-electron chi connectivity index (χ3n) is 5.49. The number of benzene rings is 1. The second-order valence-electron chi connectivity index (χ2n) is 7.90. The quantitative estimate of drug-likeness (QED) is 0.310. The maximum absolute atomic E-state index is 5.90. The largest absolute Gasteiger partial charge is 0.397 e. The van der Waals surface area contributed by atoms with Gasteiger partial charge in [-0.2, -0.15) is 5.10 Å². The van der Waals surface area contributed by atoms with Crippen molar-refractivity contribution in [1.29, 1.82) is 0 Å². The highest BCUT2D eigenvalue weighted by atomic mass is 32.1. The zero-order chi connectivity index (χ0) is 22.5. The molecule has 0 bridgehead atoms. The fourth-order valence-corrected chi connectivity index (χ4v) is 4.84. The van der Waals surface area contributed by atoms with Crippen molar-refractivity contribution in [3.05, 3.63) is 72.4 Å². The van der Waals surface area contributed by atoms with Gasteiger partial charge in [0, 0.05) is 33.3 Å². The van der Waals surface area contributed by atoms with E-state index >= 15 is 0 Å². The SMILES string of the molecule is C=C(C)c1ccc(-c2cccc3[nH]c(-c4n[nH]c5ccc(-c6cncc(N)c6)nc45)nc23)s1. The maximum Gasteiger partial charge on any atom is 0.161 e. The van der Waals surface area contributed by atoms with E-state index in [2.05, 4.69) is 44.9 Å². The lowest BCUT2D eigenvalue weighted by Gasteiger charge is -2.02. The van der Waals surface area contributed by atoms with Crippen LogP contribution in [0.3, 0.4) is 0 Å². The van der Waals surface area contributed by atoms with Gasteiger partial charge in [0.05, 0.1) is 27.9 Å². The number of nitrogens with one attached hydrogen (secondary N) is 2. The summed E-state index contributed by atoms with van der Waals surface area (Å²) < 4.78 is 0. The monoisotopic (exact) mass is 449 g/mol. The molecule has 0 saturated carbocycles. The van der Waals surface area contributed by atoms with Crippen molar-refractivity contribution in [2.24, 2.45) is 0 Å². The predicted octanol–water partition coefficient (Wildman–Crippen LogP) is 5.91. The summed E-state index contributed by atoms with van der Waals surface area (Å²) in [6.07, 6.45) is 3.36. The standard InChI is InChI=1S/C25H19N7S/c1-13(2)20-8-9-21(33-20)16-4-3-5-18-22(16)30-25(29-18)24-23-19(31-32-24)7-6-17(28-23)14-10-15(26)12-27-11-14/h3-12H,1,26H2,2H3,(H,29,30)(H,31,32). The molecule has 6 aromatic rings. The number of anilines is 1. The van der Waals surface area contributed by atoms with E-state index in [4.69, 9.17) is 15.7 Å². The molecule has 0 aliphatic rings. The topological polar surface area (TPSA) is 109 Å². The van der Waals surface area contributed by atoms with Gasteiger partial charge >= 0.3 is 0 Å². The number of hydrogen-bond acceptors (Lipinski definition) is 6. The number of nitrogens with zero attached hydrogens (tertiary/aromatic N) is 4. The van der Waals surface area contributed by atoms with Gasteiger partial charge < -0.3 is 10.7 Å². The number of allylic oxidation sites excluding steroid dienone is 1. The number of hydrogen-bond donors (Lipinski definition) is 3. The summed E-state index contributed by atoms with van der Waals surface area (Å²) in [5.41, 5.74) is 14.3. The van der Waals surface area contributed by atoms with Crippen LogP contribution in [0.25, 0.3) is 60.9 Å². The van der Waals surface area contributed by atoms with Gasteiger partial charge in [-0.25, -0.2) is 9.97 Å². The average Bonchev–Trinajstić information content (AvgIpc) is 3.55. The summed E-state index contributed by atoms with van der Waals surface area (Å²) in [4.78, 5) is 19.7. The molecule has 0 atom stereocenters. The molecule has 7 nitrogen and oxygen atoms in total. The summed E-state index contributed by atoms with van der Waals surface area (Å²) in [7, 11) is 0. The molecule has 160 valence electrons. The third kappa shape index (κ3) is 3.28. The first-order chi connectivity index (χ1) is 16.1. The lowest BCUT2D eigenvalue weighted by atomic mass is 10.1. The van der Waals surface area contributed by atoms with E-state index in [1.807, 2.05) is 37.3 Å². The van der Waals surface area contributed by atoms with Crippen LogP contribution in [-0.2, 0) is 0 Å². The Kier molecular flexibility index (Phi) is 4.34. The lowest BCUT2D eigenvalue weighted by Crippen LogP contribution is -1.90. The van der Waals surface area contributed by atoms with Gasteiger partial charge in [0.2, 0.25) is 0 Å². The first-order valence-electron chi connectivity index (χ1n) is 10.4. The van der Waals surface area contributed by atoms with Crippen LogP contribution in [0.4, 0.5) is 5.69 Å².